The van der Waals surface area contributed by atoms with Crippen LogP contribution in [0.2, 0.25) is 0 Å². The summed E-state index contributed by atoms with van der Waals surface area (Å²) in [6, 6.07) is 13.3. The first-order valence-corrected chi connectivity index (χ1v) is 10.7. The number of nitrogens with zero attached hydrogens (tertiary/aromatic N) is 2. The highest BCUT2D eigenvalue weighted by molar-refractivity contribution is 5.78. The van der Waals surface area contributed by atoms with Crippen LogP contribution in [0.3, 0.4) is 0 Å². The molecule has 1 saturated heterocycles. The van der Waals surface area contributed by atoms with E-state index < -0.39 is 0 Å². The number of hydrogen-bond acceptors (Lipinski definition) is 3. The molecule has 1 aliphatic heterocycles. The van der Waals surface area contributed by atoms with Crippen LogP contribution in [0.25, 0.3) is 0 Å². The van der Waals surface area contributed by atoms with E-state index in [1.165, 1.54) is 48.1 Å². The third-order valence-electron chi connectivity index (χ3n) is 6.18. The molecule has 4 rings (SSSR count). The Hall–Kier alpha value is -2.40. The predicted molar refractivity (Wildman–Crippen MR) is 115 cm³/mol. The number of benzene rings is 2. The summed E-state index contributed by atoms with van der Waals surface area (Å²) in [6.45, 7) is 5.84. The molecule has 1 N–H and O–H groups in total. The highest BCUT2D eigenvalue weighted by Crippen LogP contribution is 2.25. The van der Waals surface area contributed by atoms with Gasteiger partial charge in [0.25, 0.3) is 0 Å². The van der Waals surface area contributed by atoms with Gasteiger partial charge in [0, 0.05) is 31.9 Å². The van der Waals surface area contributed by atoms with Crippen molar-refractivity contribution in [2.75, 3.05) is 37.6 Å². The molecule has 0 unspecified atom stereocenters. The summed E-state index contributed by atoms with van der Waals surface area (Å²) >= 11 is 0. The summed E-state index contributed by atoms with van der Waals surface area (Å²) in [5.74, 6) is -0.137. The van der Waals surface area contributed by atoms with E-state index in [0.717, 1.165) is 38.3 Å². The number of amides is 1. The number of hydrogen-bond donors (Lipinski definition) is 1. The van der Waals surface area contributed by atoms with Crippen LogP contribution in [-0.4, -0.2) is 43.5 Å². The highest BCUT2D eigenvalue weighted by atomic mass is 19.1. The first kappa shape index (κ1) is 19.9. The van der Waals surface area contributed by atoms with Crippen molar-refractivity contribution in [3.05, 3.63) is 65.0 Å². The molecule has 0 bridgehead atoms. The van der Waals surface area contributed by atoms with Gasteiger partial charge in [0.2, 0.25) is 5.91 Å². The van der Waals surface area contributed by atoms with Crippen LogP contribution >= 0.6 is 0 Å². The standard InChI is InChI=1S/C24H30FN3O/c1-18(20-7-6-19-4-2-3-5-21(19)16-20)26-24(29)17-27-12-14-28(15-13-27)23-10-8-22(25)9-11-23/h6-11,16,18H,2-5,12-15,17H2,1H3,(H,26,29)/t18-/m0/s1. The lowest BCUT2D eigenvalue weighted by Crippen LogP contribution is -2.49. The maximum atomic E-state index is 13.1. The number of carbonyl (C=O) groups excluding carboxylic acids is 1. The number of halogens is 1. The molecule has 154 valence electrons. The fourth-order valence-corrected chi connectivity index (χ4v) is 4.41. The molecule has 1 fully saturated rings. The average molecular weight is 396 g/mol. The summed E-state index contributed by atoms with van der Waals surface area (Å²) < 4.78 is 13.1. The lowest BCUT2D eigenvalue weighted by molar-refractivity contribution is -0.123. The van der Waals surface area contributed by atoms with Gasteiger partial charge in [0.1, 0.15) is 5.82 Å². The molecule has 1 heterocycles. The fraction of sp³-hybridized carbons (Fsp3) is 0.458. The zero-order valence-electron chi connectivity index (χ0n) is 17.2. The van der Waals surface area contributed by atoms with E-state index in [0.29, 0.717) is 6.54 Å². The quantitative estimate of drug-likeness (QED) is 0.838. The number of nitrogens with one attached hydrogen (secondary N) is 1. The second kappa shape index (κ2) is 8.95. The highest BCUT2D eigenvalue weighted by Gasteiger charge is 2.20. The Bertz CT molecular complexity index is 844. The van der Waals surface area contributed by atoms with Crippen molar-refractivity contribution in [3.8, 4) is 0 Å². The molecule has 4 nitrogen and oxygen atoms in total. The first-order valence-electron chi connectivity index (χ1n) is 10.7. The molecule has 1 amide bonds. The van der Waals surface area contributed by atoms with E-state index in [2.05, 4.69) is 40.2 Å². The van der Waals surface area contributed by atoms with Gasteiger partial charge in [-0.1, -0.05) is 18.2 Å². The largest absolute Gasteiger partial charge is 0.369 e. The van der Waals surface area contributed by atoms with Crippen molar-refractivity contribution in [1.29, 1.82) is 0 Å². The molecule has 0 radical (unpaired) electrons. The van der Waals surface area contributed by atoms with Crippen LogP contribution in [0.4, 0.5) is 10.1 Å². The van der Waals surface area contributed by atoms with Gasteiger partial charge in [-0.2, -0.15) is 0 Å². The lowest BCUT2D eigenvalue weighted by Gasteiger charge is -2.35. The smallest absolute Gasteiger partial charge is 0.234 e. The summed E-state index contributed by atoms with van der Waals surface area (Å²) in [6.07, 6.45) is 4.89. The molecular weight excluding hydrogens is 365 g/mol. The zero-order valence-corrected chi connectivity index (χ0v) is 17.2. The monoisotopic (exact) mass is 395 g/mol. The van der Waals surface area contributed by atoms with E-state index in [9.17, 15) is 9.18 Å². The van der Waals surface area contributed by atoms with Crippen molar-refractivity contribution in [1.82, 2.24) is 10.2 Å². The van der Waals surface area contributed by atoms with Crippen LogP contribution in [0.1, 0.15) is 42.5 Å². The Balaban J connectivity index is 1.26. The number of anilines is 1. The van der Waals surface area contributed by atoms with E-state index in [1.54, 1.807) is 0 Å². The Morgan fingerprint density at radius 3 is 2.41 bits per heavy atom. The Kier molecular flexibility index (Phi) is 6.14. The lowest BCUT2D eigenvalue weighted by atomic mass is 9.89. The van der Waals surface area contributed by atoms with E-state index in [-0.39, 0.29) is 17.8 Å². The minimum absolute atomic E-state index is 0.0234. The van der Waals surface area contributed by atoms with Crippen LogP contribution in [-0.2, 0) is 17.6 Å². The Labute approximate surface area is 172 Å². The van der Waals surface area contributed by atoms with Crippen LogP contribution in [0.5, 0.6) is 0 Å². The molecule has 5 heteroatoms. The number of carbonyl (C=O) groups is 1. The third-order valence-corrected chi connectivity index (χ3v) is 6.18. The fourth-order valence-electron chi connectivity index (χ4n) is 4.41. The Morgan fingerprint density at radius 1 is 1.00 bits per heavy atom. The number of fused-ring (bicyclic) bond motifs is 1. The maximum Gasteiger partial charge on any atom is 0.234 e. The van der Waals surface area contributed by atoms with E-state index in [4.69, 9.17) is 0 Å². The molecule has 2 aromatic rings. The van der Waals surface area contributed by atoms with Gasteiger partial charge >= 0.3 is 0 Å². The molecule has 29 heavy (non-hydrogen) atoms. The molecule has 0 aromatic heterocycles. The van der Waals surface area contributed by atoms with Crippen molar-refractivity contribution in [3.63, 3.8) is 0 Å². The number of rotatable bonds is 5. The molecule has 0 spiro atoms. The molecule has 2 aromatic carbocycles. The van der Waals surface area contributed by atoms with Crippen LogP contribution < -0.4 is 10.2 Å². The number of aryl methyl sites for hydroxylation is 2. The van der Waals surface area contributed by atoms with Gasteiger partial charge in [-0.05, 0) is 73.6 Å². The summed E-state index contributed by atoms with van der Waals surface area (Å²) in [5, 5.41) is 3.16. The third kappa shape index (κ3) is 4.96. The minimum atomic E-state index is -0.211. The molecule has 1 aliphatic carbocycles. The minimum Gasteiger partial charge on any atom is -0.369 e. The van der Waals surface area contributed by atoms with Gasteiger partial charge in [0.15, 0.2) is 0 Å². The Morgan fingerprint density at radius 2 is 1.69 bits per heavy atom. The molecular formula is C24H30FN3O. The van der Waals surface area contributed by atoms with E-state index in [1.807, 2.05) is 12.1 Å². The topological polar surface area (TPSA) is 35.6 Å². The second-order valence-electron chi connectivity index (χ2n) is 8.26. The van der Waals surface area contributed by atoms with Gasteiger partial charge in [0.05, 0.1) is 12.6 Å². The summed E-state index contributed by atoms with van der Waals surface area (Å²) in [4.78, 5) is 17.0. The van der Waals surface area contributed by atoms with Gasteiger partial charge in [-0.15, -0.1) is 0 Å². The molecule has 2 aliphatic rings. The average Bonchev–Trinajstić information content (AvgIpc) is 2.74. The van der Waals surface area contributed by atoms with Crippen LogP contribution in [0.15, 0.2) is 42.5 Å². The first-order chi connectivity index (χ1) is 14.1. The summed E-state index contributed by atoms with van der Waals surface area (Å²) in [5.41, 5.74) is 5.15. The molecule has 0 saturated carbocycles. The van der Waals surface area contributed by atoms with Crippen molar-refractivity contribution >= 4 is 11.6 Å². The second-order valence-corrected chi connectivity index (χ2v) is 8.26. The van der Waals surface area contributed by atoms with Crippen molar-refractivity contribution < 1.29 is 9.18 Å². The van der Waals surface area contributed by atoms with Crippen molar-refractivity contribution in [2.24, 2.45) is 0 Å². The summed E-state index contributed by atoms with van der Waals surface area (Å²) in [7, 11) is 0. The normalized spacial score (nSPS) is 18.2. The van der Waals surface area contributed by atoms with Gasteiger partial charge in [-0.25, -0.2) is 4.39 Å². The van der Waals surface area contributed by atoms with E-state index >= 15 is 0 Å². The maximum absolute atomic E-state index is 13.1. The number of piperazine rings is 1. The van der Waals surface area contributed by atoms with Crippen molar-refractivity contribution in [2.45, 2.75) is 38.6 Å². The van der Waals surface area contributed by atoms with Gasteiger partial charge in [-0.3, -0.25) is 9.69 Å². The van der Waals surface area contributed by atoms with Crippen LogP contribution in [0, 0.1) is 5.82 Å². The predicted octanol–water partition coefficient (Wildman–Crippen LogP) is 3.70. The zero-order chi connectivity index (χ0) is 20.2. The van der Waals surface area contributed by atoms with Gasteiger partial charge < -0.3 is 10.2 Å². The SMILES string of the molecule is C[C@H](NC(=O)CN1CCN(c2ccc(F)cc2)CC1)c1ccc2c(c1)CCCC2. The molecule has 1 atom stereocenters.